The monoisotopic (exact) mass is 696 g/mol. The highest BCUT2D eigenvalue weighted by atomic mass is 16.5. The maximum Gasteiger partial charge on any atom is 0.407 e. The number of nitrogens with zero attached hydrogens (tertiary/aromatic N) is 5. The van der Waals surface area contributed by atoms with Crippen molar-refractivity contribution < 1.29 is 14.3 Å². The third kappa shape index (κ3) is 6.32. The molecule has 4 atom stereocenters. The van der Waals surface area contributed by atoms with Gasteiger partial charge in [-0.1, -0.05) is 62.4 Å². The predicted molar refractivity (Wildman–Crippen MR) is 199 cm³/mol. The molecule has 2 saturated heterocycles. The highest BCUT2D eigenvalue weighted by Gasteiger charge is 2.55. The van der Waals surface area contributed by atoms with E-state index in [1.807, 2.05) is 38.2 Å². The number of likely N-dealkylation sites (tertiary alicyclic amines) is 2. The Bertz CT molecular complexity index is 2180. The maximum atomic E-state index is 13.8. The molecule has 11 heteroatoms. The summed E-state index contributed by atoms with van der Waals surface area (Å²) in [6.07, 6.45) is 7.00. The summed E-state index contributed by atoms with van der Waals surface area (Å²) in [7, 11) is 3.36. The van der Waals surface area contributed by atoms with Crippen LogP contribution in [0.25, 0.3) is 44.4 Å². The molecular weight excluding hydrogens is 653 g/mol. The Morgan fingerprint density at radius 1 is 0.904 bits per heavy atom. The molecule has 2 aliphatic heterocycles. The van der Waals surface area contributed by atoms with Crippen LogP contribution in [0, 0.1) is 28.6 Å². The number of ether oxygens (including phenoxy) is 1. The Kier molecular flexibility index (Phi) is 8.58. The first kappa shape index (κ1) is 33.7. The number of benzene rings is 3. The molecule has 4 heterocycles. The summed E-state index contributed by atoms with van der Waals surface area (Å²) in [4.78, 5) is 46.5. The number of amides is 2. The molecule has 0 bridgehead atoms. The number of carbonyl (C=O) groups excluding carboxylic acids is 2. The summed E-state index contributed by atoms with van der Waals surface area (Å²) in [5.74, 6) is 1.54. The second-order valence-corrected chi connectivity index (χ2v) is 15.3. The van der Waals surface area contributed by atoms with Gasteiger partial charge in [-0.25, -0.2) is 14.8 Å². The molecule has 1 spiro atoms. The summed E-state index contributed by atoms with van der Waals surface area (Å²) in [6, 6.07) is 23.1. The molecule has 3 N–H and O–H groups in total. The molecular formula is C41H44N8O3. The lowest BCUT2D eigenvalue weighted by atomic mass is 9.98. The van der Waals surface area contributed by atoms with Gasteiger partial charge >= 0.3 is 6.09 Å². The topological polar surface area (TPSA) is 143 Å². The number of hydrogen-bond acceptors (Lipinski definition) is 7. The largest absolute Gasteiger partial charge is 0.453 e. The summed E-state index contributed by atoms with van der Waals surface area (Å²) in [6.45, 7) is 5.31. The number of imidazole rings is 2. The zero-order chi connectivity index (χ0) is 36.1. The van der Waals surface area contributed by atoms with Gasteiger partial charge in [0.25, 0.3) is 0 Å². The molecule has 1 saturated carbocycles. The van der Waals surface area contributed by atoms with E-state index < -0.39 is 12.1 Å². The molecule has 3 fully saturated rings. The van der Waals surface area contributed by atoms with Crippen molar-refractivity contribution in [2.24, 2.45) is 17.3 Å². The number of H-pyrrole nitrogens is 2. The number of rotatable bonds is 8. The summed E-state index contributed by atoms with van der Waals surface area (Å²) < 4.78 is 4.81. The summed E-state index contributed by atoms with van der Waals surface area (Å²) in [5.41, 5.74) is 6.37. The van der Waals surface area contributed by atoms with E-state index in [1.54, 1.807) is 0 Å². The van der Waals surface area contributed by atoms with Crippen LogP contribution in [0.3, 0.4) is 0 Å². The van der Waals surface area contributed by atoms with E-state index in [4.69, 9.17) is 9.72 Å². The van der Waals surface area contributed by atoms with E-state index in [-0.39, 0.29) is 35.2 Å². The normalized spacial score (nSPS) is 21.5. The van der Waals surface area contributed by atoms with Crippen LogP contribution in [0.15, 0.2) is 73.1 Å². The fourth-order valence-electron chi connectivity index (χ4n) is 8.10. The molecule has 266 valence electrons. The molecule has 3 aromatic carbocycles. The number of aromatic nitrogens is 4. The average molecular weight is 697 g/mol. The maximum absolute atomic E-state index is 13.8. The molecule has 52 heavy (non-hydrogen) atoms. The minimum absolute atomic E-state index is 0.0408. The van der Waals surface area contributed by atoms with Crippen molar-refractivity contribution in [2.75, 3.05) is 27.2 Å². The number of fused-ring (bicyclic) bond motifs is 1. The number of methoxy groups -OCH3 is 1. The fourth-order valence-corrected chi connectivity index (χ4v) is 8.10. The number of nitrogens with one attached hydrogen (secondary N) is 3. The Labute approximate surface area is 303 Å². The number of aromatic amines is 2. The van der Waals surface area contributed by atoms with E-state index in [2.05, 4.69) is 91.9 Å². The van der Waals surface area contributed by atoms with E-state index in [1.165, 1.54) is 7.11 Å². The average Bonchev–Trinajstić information content (AvgIpc) is 3.62. The highest BCUT2D eigenvalue weighted by molar-refractivity contribution is 5.91. The van der Waals surface area contributed by atoms with E-state index in [0.717, 1.165) is 88.3 Å². The Hall–Kier alpha value is -5.47. The molecule has 0 radical (unpaired) electrons. The van der Waals surface area contributed by atoms with Crippen LogP contribution >= 0.6 is 0 Å². The van der Waals surface area contributed by atoms with Crippen molar-refractivity contribution in [2.45, 2.75) is 57.7 Å². The van der Waals surface area contributed by atoms with Crippen LogP contribution < -0.4 is 5.32 Å². The van der Waals surface area contributed by atoms with Crippen molar-refractivity contribution in [1.82, 2.24) is 35.1 Å². The van der Waals surface area contributed by atoms with Crippen LogP contribution in [0.2, 0.25) is 0 Å². The minimum atomic E-state index is -0.671. The van der Waals surface area contributed by atoms with Gasteiger partial charge in [-0.2, -0.15) is 5.26 Å². The number of alkyl carbamates (subject to hydrolysis) is 1. The van der Waals surface area contributed by atoms with Crippen LogP contribution in [0.4, 0.5) is 4.79 Å². The van der Waals surface area contributed by atoms with Crippen LogP contribution in [-0.4, -0.2) is 75.0 Å². The first-order chi connectivity index (χ1) is 25.1. The van der Waals surface area contributed by atoms with Gasteiger partial charge in [0.1, 0.15) is 17.7 Å². The van der Waals surface area contributed by atoms with E-state index in [9.17, 15) is 14.9 Å². The second-order valence-electron chi connectivity index (χ2n) is 15.3. The van der Waals surface area contributed by atoms with Gasteiger partial charge in [0.15, 0.2) is 0 Å². The van der Waals surface area contributed by atoms with Crippen molar-refractivity contribution in [3.05, 3.63) is 84.7 Å². The Morgan fingerprint density at radius 3 is 2.12 bits per heavy atom. The summed E-state index contributed by atoms with van der Waals surface area (Å²) in [5, 5.41) is 14.4. The first-order valence-electron chi connectivity index (χ1n) is 18.1. The molecule has 5 aromatic rings. The minimum Gasteiger partial charge on any atom is -0.453 e. The van der Waals surface area contributed by atoms with Gasteiger partial charge in [-0.05, 0) is 83.7 Å². The second kappa shape index (κ2) is 13.3. The third-order valence-corrected chi connectivity index (χ3v) is 11.4. The number of hydrogen-bond donors (Lipinski definition) is 3. The zero-order valence-corrected chi connectivity index (χ0v) is 30.0. The standard InChI is InChI=1S/C41H44N8O3/c1-24(2)36(47-40(51)52-4)39(50)49-23-41(13-14-41)18-35(49)38-44-21-33(46-38)31-12-11-29-16-28(9-10-30(29)17-31)26-5-7-27(8-6-26)32-20-43-37(45-32)34-15-25(19-42)22-48(34)3/h5-12,16-17,20-21,24-25,34-36H,13-15,18,22-23H2,1-4H3,(H,43,45)(H,44,46)(H,47,51)/t25-,34+,35+,36+/m1/s1. The van der Waals surface area contributed by atoms with Crippen molar-refractivity contribution in [3.63, 3.8) is 0 Å². The van der Waals surface area contributed by atoms with Gasteiger partial charge in [-0.3, -0.25) is 9.69 Å². The lowest BCUT2D eigenvalue weighted by Gasteiger charge is -2.30. The lowest BCUT2D eigenvalue weighted by molar-refractivity contribution is -0.135. The number of carbonyl (C=O) groups is 2. The SMILES string of the molecule is COC(=O)N[C@H](C(=O)N1CC2(CC2)C[C@H]1c1ncc(-c2ccc3cc(-c4ccc(-c5cnc([C@@H]6C[C@H](C#N)CN6C)[nH]5)cc4)ccc3c2)[nH]1)C(C)C. The first-order valence-corrected chi connectivity index (χ1v) is 18.1. The van der Waals surface area contributed by atoms with Gasteiger partial charge < -0.3 is 24.9 Å². The Balaban J connectivity index is 0.980. The Morgan fingerprint density at radius 2 is 1.50 bits per heavy atom. The van der Waals surface area contributed by atoms with E-state index >= 15 is 0 Å². The molecule has 1 aliphatic carbocycles. The lowest BCUT2D eigenvalue weighted by Crippen LogP contribution is -2.51. The van der Waals surface area contributed by atoms with Crippen LogP contribution in [-0.2, 0) is 9.53 Å². The smallest absolute Gasteiger partial charge is 0.407 e. The fraction of sp³-hybridized carbons (Fsp3) is 0.390. The number of nitriles is 1. The van der Waals surface area contributed by atoms with Gasteiger partial charge in [0, 0.05) is 18.7 Å². The van der Waals surface area contributed by atoms with E-state index in [0.29, 0.717) is 6.54 Å². The molecule has 0 unspecified atom stereocenters. The van der Waals surface area contributed by atoms with Crippen molar-refractivity contribution >= 4 is 22.8 Å². The summed E-state index contributed by atoms with van der Waals surface area (Å²) >= 11 is 0. The molecule has 2 aromatic heterocycles. The van der Waals surface area contributed by atoms with Crippen LogP contribution in [0.1, 0.15) is 63.3 Å². The molecule has 8 rings (SSSR count). The highest BCUT2D eigenvalue weighted by Crippen LogP contribution is 2.58. The van der Waals surface area contributed by atoms with Gasteiger partial charge in [0.2, 0.25) is 5.91 Å². The van der Waals surface area contributed by atoms with Crippen molar-refractivity contribution in [1.29, 1.82) is 5.26 Å². The van der Waals surface area contributed by atoms with Crippen LogP contribution in [0.5, 0.6) is 0 Å². The third-order valence-electron chi connectivity index (χ3n) is 11.4. The molecule has 11 nitrogen and oxygen atoms in total. The molecule has 3 aliphatic rings. The molecule has 2 amide bonds. The zero-order valence-electron chi connectivity index (χ0n) is 30.0. The predicted octanol–water partition coefficient (Wildman–Crippen LogP) is 7.24. The van der Waals surface area contributed by atoms with Gasteiger partial charge in [0.05, 0.1) is 55.0 Å². The van der Waals surface area contributed by atoms with Crippen molar-refractivity contribution in [3.8, 4) is 39.7 Å². The quantitative estimate of drug-likeness (QED) is 0.155. The van der Waals surface area contributed by atoms with Gasteiger partial charge in [-0.15, -0.1) is 0 Å².